The minimum Gasteiger partial charge on any atom is -0.478 e. The summed E-state index contributed by atoms with van der Waals surface area (Å²) in [5.74, 6) is -0.151. The van der Waals surface area contributed by atoms with E-state index < -0.39 is 18.2 Å². The Hall–Kier alpha value is -1.75. The van der Waals surface area contributed by atoms with Gasteiger partial charge in [0.1, 0.15) is 5.75 Å². The van der Waals surface area contributed by atoms with E-state index >= 15 is 0 Å². The van der Waals surface area contributed by atoms with Crippen molar-refractivity contribution < 1.29 is 19.1 Å². The van der Waals surface area contributed by atoms with Crippen LogP contribution in [0.3, 0.4) is 0 Å². The summed E-state index contributed by atoms with van der Waals surface area (Å²) in [4.78, 5) is 23.8. The third-order valence-electron chi connectivity index (χ3n) is 3.55. The van der Waals surface area contributed by atoms with Crippen LogP contribution in [-0.2, 0) is 20.7 Å². The summed E-state index contributed by atoms with van der Waals surface area (Å²) >= 11 is 5.91. The summed E-state index contributed by atoms with van der Waals surface area (Å²) < 4.78 is 10.7. The monoisotopic (exact) mass is 309 g/mol. The van der Waals surface area contributed by atoms with Crippen molar-refractivity contribution in [2.24, 2.45) is 0 Å². The number of rotatable bonds is 4. The Balaban J connectivity index is 1.55. The van der Waals surface area contributed by atoms with Gasteiger partial charge in [-0.05, 0) is 43.5 Å². The predicted molar refractivity (Wildman–Crippen MR) is 76.3 cm³/mol. The van der Waals surface area contributed by atoms with Gasteiger partial charge in [0, 0.05) is 17.5 Å². The Bertz CT molecular complexity index is 585. The summed E-state index contributed by atoms with van der Waals surface area (Å²) in [5.41, 5.74) is 0.875. The van der Waals surface area contributed by atoms with E-state index in [1.165, 1.54) is 0 Å². The van der Waals surface area contributed by atoms with E-state index in [1.807, 2.05) is 0 Å². The van der Waals surface area contributed by atoms with Crippen LogP contribution in [0.4, 0.5) is 0 Å². The van der Waals surface area contributed by atoms with Gasteiger partial charge in [0.25, 0.3) is 5.91 Å². The van der Waals surface area contributed by atoms with E-state index in [9.17, 15) is 9.59 Å². The van der Waals surface area contributed by atoms with Crippen molar-refractivity contribution in [3.63, 3.8) is 0 Å². The van der Waals surface area contributed by atoms with Crippen LogP contribution in [0.15, 0.2) is 18.2 Å². The normalized spacial score (nSPS) is 21.1. The molecule has 1 heterocycles. The van der Waals surface area contributed by atoms with Crippen molar-refractivity contribution in [3.8, 4) is 5.75 Å². The average Bonchev–Trinajstić information content (AvgIpc) is 3.14. The maximum Gasteiger partial charge on any atom is 0.348 e. The molecule has 21 heavy (non-hydrogen) atoms. The molecule has 2 unspecified atom stereocenters. The molecule has 0 radical (unpaired) electrons. The molecule has 3 rings (SSSR count). The number of carbonyl (C=O) groups excluding carboxylic acids is 2. The number of benzene rings is 1. The third kappa shape index (κ3) is 3.29. The number of nitrogens with one attached hydrogen (secondary N) is 1. The zero-order valence-electron chi connectivity index (χ0n) is 11.6. The fourth-order valence-corrected chi connectivity index (χ4v) is 2.39. The van der Waals surface area contributed by atoms with Gasteiger partial charge in [-0.15, -0.1) is 0 Å². The standard InChI is InChI=1S/C15H16ClNO4/c1-8(14(18)17-11-3-4-11)20-15(19)13-7-9-6-10(16)2-5-12(9)21-13/h2,5-6,8,11,13H,3-4,7H2,1H3,(H,17,18). The first-order valence-corrected chi connectivity index (χ1v) is 7.36. The van der Waals surface area contributed by atoms with Crippen LogP contribution >= 0.6 is 11.6 Å². The second kappa shape index (κ2) is 5.56. The maximum atomic E-state index is 12.1. The van der Waals surface area contributed by atoms with Crippen LogP contribution in [0.25, 0.3) is 0 Å². The summed E-state index contributed by atoms with van der Waals surface area (Å²) in [7, 11) is 0. The molecule has 0 saturated heterocycles. The van der Waals surface area contributed by atoms with Crippen molar-refractivity contribution in [2.45, 2.75) is 44.4 Å². The van der Waals surface area contributed by atoms with Crippen molar-refractivity contribution >= 4 is 23.5 Å². The van der Waals surface area contributed by atoms with Crippen LogP contribution in [0.2, 0.25) is 5.02 Å². The lowest BCUT2D eigenvalue weighted by Crippen LogP contribution is -2.40. The zero-order valence-corrected chi connectivity index (χ0v) is 12.4. The number of ether oxygens (including phenoxy) is 2. The van der Waals surface area contributed by atoms with Gasteiger partial charge in [-0.3, -0.25) is 4.79 Å². The number of carbonyl (C=O) groups is 2. The molecular formula is C15H16ClNO4. The van der Waals surface area contributed by atoms with E-state index in [0.717, 1.165) is 18.4 Å². The Morgan fingerprint density at radius 2 is 2.19 bits per heavy atom. The SMILES string of the molecule is CC(OC(=O)C1Cc2cc(Cl)ccc2O1)C(=O)NC1CC1. The van der Waals surface area contributed by atoms with E-state index in [2.05, 4.69) is 5.32 Å². The summed E-state index contributed by atoms with van der Waals surface area (Å²) in [6.45, 7) is 1.56. The molecule has 112 valence electrons. The second-order valence-corrected chi connectivity index (χ2v) is 5.86. The third-order valence-corrected chi connectivity index (χ3v) is 3.78. The number of fused-ring (bicyclic) bond motifs is 1. The van der Waals surface area contributed by atoms with E-state index in [4.69, 9.17) is 21.1 Å². The molecule has 2 atom stereocenters. The number of hydrogen-bond donors (Lipinski definition) is 1. The first-order valence-electron chi connectivity index (χ1n) is 6.99. The minimum absolute atomic E-state index is 0.243. The molecule has 1 aromatic carbocycles. The highest BCUT2D eigenvalue weighted by Crippen LogP contribution is 2.31. The van der Waals surface area contributed by atoms with Crippen LogP contribution in [-0.4, -0.2) is 30.1 Å². The van der Waals surface area contributed by atoms with Crippen molar-refractivity contribution in [3.05, 3.63) is 28.8 Å². The minimum atomic E-state index is -0.811. The molecule has 0 bridgehead atoms. The Labute approximate surface area is 127 Å². The zero-order chi connectivity index (χ0) is 15.0. The molecule has 1 saturated carbocycles. The van der Waals surface area contributed by atoms with Gasteiger partial charge in [0.15, 0.2) is 12.2 Å². The first kappa shape index (κ1) is 14.2. The molecule has 6 heteroatoms. The molecular weight excluding hydrogens is 294 g/mol. The molecule has 2 aliphatic rings. The van der Waals surface area contributed by atoms with Crippen molar-refractivity contribution in [1.29, 1.82) is 0 Å². The van der Waals surface area contributed by atoms with Crippen molar-refractivity contribution in [2.75, 3.05) is 0 Å². The van der Waals surface area contributed by atoms with Gasteiger partial charge in [-0.2, -0.15) is 0 Å². The van der Waals surface area contributed by atoms with Gasteiger partial charge < -0.3 is 14.8 Å². The van der Waals surface area contributed by atoms with Gasteiger partial charge in [-0.25, -0.2) is 4.79 Å². The van der Waals surface area contributed by atoms with Gasteiger partial charge >= 0.3 is 5.97 Å². The largest absolute Gasteiger partial charge is 0.478 e. The smallest absolute Gasteiger partial charge is 0.348 e. The van der Waals surface area contributed by atoms with Crippen LogP contribution in [0.5, 0.6) is 5.75 Å². The first-order chi connectivity index (χ1) is 10.0. The molecule has 0 spiro atoms. The molecule has 1 fully saturated rings. The lowest BCUT2D eigenvalue weighted by molar-refractivity contribution is -0.160. The summed E-state index contributed by atoms with van der Waals surface area (Å²) in [5, 5.41) is 3.40. The summed E-state index contributed by atoms with van der Waals surface area (Å²) in [6, 6.07) is 5.45. The predicted octanol–water partition coefficient (Wildman–Crippen LogP) is 1.85. The lowest BCUT2D eigenvalue weighted by atomic mass is 10.1. The maximum absolute atomic E-state index is 12.1. The quantitative estimate of drug-likeness (QED) is 0.862. The highest BCUT2D eigenvalue weighted by atomic mass is 35.5. The fraction of sp³-hybridized carbons (Fsp3) is 0.467. The molecule has 1 N–H and O–H groups in total. The Morgan fingerprint density at radius 1 is 1.43 bits per heavy atom. The van der Waals surface area contributed by atoms with Crippen molar-refractivity contribution in [1.82, 2.24) is 5.32 Å². The number of hydrogen-bond acceptors (Lipinski definition) is 4. The van der Waals surface area contributed by atoms with Crippen LogP contribution in [0, 0.1) is 0 Å². The molecule has 5 nitrogen and oxygen atoms in total. The van der Waals surface area contributed by atoms with Gasteiger partial charge in [-0.1, -0.05) is 11.6 Å². The van der Waals surface area contributed by atoms with E-state index in [1.54, 1.807) is 25.1 Å². The molecule has 1 aliphatic heterocycles. The number of halogens is 1. The lowest BCUT2D eigenvalue weighted by Gasteiger charge is -2.16. The van der Waals surface area contributed by atoms with E-state index in [0.29, 0.717) is 17.2 Å². The topological polar surface area (TPSA) is 64.6 Å². The molecule has 1 aliphatic carbocycles. The van der Waals surface area contributed by atoms with E-state index in [-0.39, 0.29) is 11.9 Å². The fourth-order valence-electron chi connectivity index (χ4n) is 2.20. The summed E-state index contributed by atoms with van der Waals surface area (Å²) in [6.07, 6.45) is 0.873. The molecule has 0 aromatic heterocycles. The van der Waals surface area contributed by atoms with Crippen LogP contribution in [0.1, 0.15) is 25.3 Å². The Morgan fingerprint density at radius 3 is 2.90 bits per heavy atom. The number of esters is 1. The van der Waals surface area contributed by atoms with Gasteiger partial charge in [0.05, 0.1) is 0 Å². The van der Waals surface area contributed by atoms with Crippen LogP contribution < -0.4 is 10.1 Å². The number of amides is 1. The average molecular weight is 310 g/mol. The van der Waals surface area contributed by atoms with Gasteiger partial charge in [0.2, 0.25) is 0 Å². The second-order valence-electron chi connectivity index (χ2n) is 5.42. The molecule has 1 aromatic rings. The highest BCUT2D eigenvalue weighted by molar-refractivity contribution is 6.30. The highest BCUT2D eigenvalue weighted by Gasteiger charge is 2.33. The molecule has 1 amide bonds. The Kier molecular flexibility index (Phi) is 3.76.